The molecular weight excluding hydrogens is 439 g/mol. The lowest BCUT2D eigenvalue weighted by Crippen LogP contribution is -2.22. The smallest absolute Gasteiger partial charge is 0.273 e. The molecule has 174 valence electrons. The quantitative estimate of drug-likeness (QED) is 0.473. The lowest BCUT2D eigenvalue weighted by Gasteiger charge is -2.14. The first kappa shape index (κ1) is 21.6. The fourth-order valence-electron chi connectivity index (χ4n) is 4.23. The van der Waals surface area contributed by atoms with Gasteiger partial charge in [0.05, 0.1) is 12.3 Å². The molecule has 4 aromatic rings. The number of hydrogen-bond acceptors (Lipinski definition) is 6. The predicted molar refractivity (Wildman–Crippen MR) is 126 cm³/mol. The maximum atomic E-state index is 14.6. The van der Waals surface area contributed by atoms with Gasteiger partial charge in [-0.3, -0.25) is 14.3 Å². The second-order valence-electron chi connectivity index (χ2n) is 8.34. The lowest BCUT2D eigenvalue weighted by molar-refractivity contribution is 0.0821. The molecule has 0 aliphatic carbocycles. The highest BCUT2D eigenvalue weighted by Gasteiger charge is 2.21. The number of pyridine rings is 2. The summed E-state index contributed by atoms with van der Waals surface area (Å²) in [5.74, 6) is 0.670. The molecule has 1 amide bonds. The number of nitrogens with zero attached hydrogens (tertiary/aromatic N) is 4. The van der Waals surface area contributed by atoms with Crippen molar-refractivity contribution < 1.29 is 13.9 Å². The van der Waals surface area contributed by atoms with Crippen molar-refractivity contribution >= 4 is 22.5 Å². The molecule has 0 spiro atoms. The van der Waals surface area contributed by atoms with Gasteiger partial charge in [0.2, 0.25) is 5.56 Å². The van der Waals surface area contributed by atoms with Gasteiger partial charge in [0.1, 0.15) is 17.4 Å². The molecule has 0 bridgehead atoms. The maximum absolute atomic E-state index is 14.6. The Kier molecular flexibility index (Phi) is 5.27. The van der Waals surface area contributed by atoms with Crippen molar-refractivity contribution in [3.05, 3.63) is 69.7 Å². The van der Waals surface area contributed by atoms with Gasteiger partial charge in [-0.15, -0.1) is 0 Å². The maximum Gasteiger partial charge on any atom is 0.273 e. The summed E-state index contributed by atoms with van der Waals surface area (Å²) in [6, 6.07) is 6.21. The van der Waals surface area contributed by atoms with E-state index in [4.69, 9.17) is 4.74 Å². The zero-order chi connectivity index (χ0) is 24.0. The van der Waals surface area contributed by atoms with Gasteiger partial charge >= 0.3 is 0 Å². The number of aryl methyl sites for hydroxylation is 1. The predicted octanol–water partition coefficient (Wildman–Crippen LogP) is 2.71. The van der Waals surface area contributed by atoms with E-state index in [0.717, 1.165) is 5.56 Å². The Hall–Kier alpha value is -4.21. The molecule has 0 fully saturated rings. The zero-order valence-corrected chi connectivity index (χ0v) is 19.0. The molecule has 1 aliphatic rings. The topological polar surface area (TPSA) is 105 Å². The number of aromatic amines is 1. The van der Waals surface area contributed by atoms with Crippen molar-refractivity contribution in [1.82, 2.24) is 24.6 Å². The van der Waals surface area contributed by atoms with E-state index in [0.29, 0.717) is 57.9 Å². The van der Waals surface area contributed by atoms with Crippen molar-refractivity contribution in [3.63, 3.8) is 0 Å². The van der Waals surface area contributed by atoms with E-state index in [2.05, 4.69) is 20.4 Å². The number of aromatic nitrogens is 4. The van der Waals surface area contributed by atoms with Crippen LogP contribution in [0.15, 0.2) is 41.5 Å². The summed E-state index contributed by atoms with van der Waals surface area (Å²) < 4.78 is 21.7. The summed E-state index contributed by atoms with van der Waals surface area (Å²) in [4.78, 5) is 33.2. The minimum Gasteiger partial charge on any atom is -0.493 e. The van der Waals surface area contributed by atoms with E-state index in [1.165, 1.54) is 17.0 Å². The molecule has 0 unspecified atom stereocenters. The second-order valence-corrected chi connectivity index (χ2v) is 8.34. The van der Waals surface area contributed by atoms with E-state index in [1.54, 1.807) is 50.4 Å². The average Bonchev–Trinajstić information content (AvgIpc) is 3.44. The Labute approximate surface area is 194 Å². The summed E-state index contributed by atoms with van der Waals surface area (Å²) in [6.07, 6.45) is 3.85. The zero-order valence-electron chi connectivity index (χ0n) is 19.0. The number of fused-ring (bicyclic) bond motifs is 2. The van der Waals surface area contributed by atoms with Gasteiger partial charge in [-0.1, -0.05) is 0 Å². The first-order valence-electron chi connectivity index (χ1n) is 10.8. The Balaban J connectivity index is 1.55. The van der Waals surface area contributed by atoms with Crippen molar-refractivity contribution in [2.75, 3.05) is 26.0 Å². The first-order valence-corrected chi connectivity index (χ1v) is 10.8. The minimum absolute atomic E-state index is 0.214. The highest BCUT2D eigenvalue weighted by atomic mass is 19.1. The van der Waals surface area contributed by atoms with E-state index in [-0.39, 0.29) is 23.8 Å². The number of carbonyl (C=O) groups is 1. The van der Waals surface area contributed by atoms with E-state index < -0.39 is 0 Å². The van der Waals surface area contributed by atoms with Crippen molar-refractivity contribution in [1.29, 1.82) is 0 Å². The monoisotopic (exact) mass is 462 g/mol. The Morgan fingerprint density at radius 2 is 2.12 bits per heavy atom. The number of nitrogens with one attached hydrogen (secondary N) is 2. The molecule has 0 saturated heterocycles. The van der Waals surface area contributed by atoms with Gasteiger partial charge in [-0.2, -0.15) is 5.10 Å². The highest BCUT2D eigenvalue weighted by molar-refractivity contribution is 6.01. The molecule has 0 radical (unpaired) electrons. The number of amides is 1. The van der Waals surface area contributed by atoms with Gasteiger partial charge < -0.3 is 19.9 Å². The fourth-order valence-corrected chi connectivity index (χ4v) is 4.23. The van der Waals surface area contributed by atoms with Gasteiger partial charge in [0.15, 0.2) is 5.69 Å². The highest BCUT2D eigenvalue weighted by Crippen LogP contribution is 2.33. The summed E-state index contributed by atoms with van der Waals surface area (Å²) in [6.45, 7) is 0.748. The van der Waals surface area contributed by atoms with E-state index >= 15 is 0 Å². The average molecular weight is 462 g/mol. The number of H-pyrrole nitrogens is 1. The van der Waals surface area contributed by atoms with Crippen molar-refractivity contribution in [2.45, 2.75) is 13.0 Å². The lowest BCUT2D eigenvalue weighted by atomic mass is 10.0. The van der Waals surface area contributed by atoms with Crippen LogP contribution in [0, 0.1) is 5.82 Å². The first-order chi connectivity index (χ1) is 16.3. The number of anilines is 1. The van der Waals surface area contributed by atoms with Crippen LogP contribution in [0.25, 0.3) is 22.0 Å². The molecule has 34 heavy (non-hydrogen) atoms. The molecule has 1 aromatic carbocycles. The number of hydrogen-bond donors (Lipinski definition) is 2. The van der Waals surface area contributed by atoms with Crippen LogP contribution < -0.4 is 15.6 Å². The largest absolute Gasteiger partial charge is 0.493 e. The molecule has 3 aromatic heterocycles. The molecule has 1 aliphatic heterocycles. The molecule has 0 saturated carbocycles. The number of halogens is 1. The van der Waals surface area contributed by atoms with Gasteiger partial charge in [-0.25, -0.2) is 9.37 Å². The van der Waals surface area contributed by atoms with Gasteiger partial charge in [0.25, 0.3) is 5.91 Å². The number of ether oxygens (including phenoxy) is 1. The Morgan fingerprint density at radius 3 is 2.91 bits per heavy atom. The van der Waals surface area contributed by atoms with Gasteiger partial charge in [-0.05, 0) is 18.2 Å². The summed E-state index contributed by atoms with van der Waals surface area (Å²) in [5, 5.41) is 8.83. The van der Waals surface area contributed by atoms with Crippen LogP contribution in [0.5, 0.6) is 5.75 Å². The van der Waals surface area contributed by atoms with Crippen LogP contribution in [0.2, 0.25) is 0 Å². The standard InChI is InChI=1S/C24H23FN6O3/c1-30(2)24(33)19-9-20(31(3)29-19)16-11-28-23(17-12-26-22(32)8-14(16)17)27-10-15-13-6-7-34-21(13)5-4-18(15)25/h4-5,8-9,11-12H,6-7,10H2,1-3H3,(H,26,32)(H,27,28). The number of benzene rings is 1. The number of rotatable bonds is 5. The Bertz CT molecular complexity index is 1490. The van der Waals surface area contributed by atoms with Crippen LogP contribution in [0.4, 0.5) is 10.2 Å². The van der Waals surface area contributed by atoms with E-state index in [1.807, 2.05) is 0 Å². The summed E-state index contributed by atoms with van der Waals surface area (Å²) >= 11 is 0. The summed E-state index contributed by atoms with van der Waals surface area (Å²) in [5.41, 5.74) is 2.70. The molecular formula is C24H23FN6O3. The van der Waals surface area contributed by atoms with Crippen LogP contribution in [0.3, 0.4) is 0 Å². The third-order valence-electron chi connectivity index (χ3n) is 5.95. The minimum atomic E-state index is -0.306. The van der Waals surface area contributed by atoms with Gasteiger partial charge in [0, 0.05) is 80.0 Å². The fraction of sp³-hybridized carbons (Fsp3) is 0.250. The third kappa shape index (κ3) is 3.66. The molecule has 9 nitrogen and oxygen atoms in total. The van der Waals surface area contributed by atoms with Crippen LogP contribution in [-0.4, -0.2) is 51.3 Å². The van der Waals surface area contributed by atoms with Crippen molar-refractivity contribution in [2.24, 2.45) is 7.05 Å². The SMILES string of the molecule is CN(C)C(=O)c1cc(-c2cnc(NCc3c(F)ccc4c3CCO4)c3c[nH]c(=O)cc23)n(C)n1. The van der Waals surface area contributed by atoms with Crippen LogP contribution in [-0.2, 0) is 20.0 Å². The Morgan fingerprint density at radius 1 is 1.29 bits per heavy atom. The van der Waals surface area contributed by atoms with Crippen LogP contribution in [0.1, 0.15) is 21.6 Å². The summed E-state index contributed by atoms with van der Waals surface area (Å²) in [7, 11) is 5.04. The van der Waals surface area contributed by atoms with Crippen molar-refractivity contribution in [3.8, 4) is 17.0 Å². The molecule has 10 heteroatoms. The molecule has 0 atom stereocenters. The molecule has 2 N–H and O–H groups in total. The van der Waals surface area contributed by atoms with E-state index in [9.17, 15) is 14.0 Å². The molecule has 4 heterocycles. The third-order valence-corrected chi connectivity index (χ3v) is 5.95. The van der Waals surface area contributed by atoms with Crippen LogP contribution >= 0.6 is 0 Å². The number of carbonyl (C=O) groups excluding carboxylic acids is 1. The second kappa shape index (κ2) is 8.29. The molecule has 5 rings (SSSR count). The normalized spacial score (nSPS) is 12.5.